The van der Waals surface area contributed by atoms with Gasteiger partial charge in [-0.15, -0.1) is 0 Å². The third kappa shape index (κ3) is 1.88. The van der Waals surface area contributed by atoms with E-state index < -0.39 is 5.97 Å². The van der Waals surface area contributed by atoms with Crippen molar-refractivity contribution < 1.29 is 14.7 Å². The fourth-order valence-electron chi connectivity index (χ4n) is 7.71. The summed E-state index contributed by atoms with van der Waals surface area (Å²) in [4.78, 5) is 24.2. The summed E-state index contributed by atoms with van der Waals surface area (Å²) in [6.45, 7) is 6.80. The van der Waals surface area contributed by atoms with Crippen molar-refractivity contribution in [2.75, 3.05) is 0 Å². The molecule has 0 aromatic carbocycles. The maximum atomic E-state index is 12.6. The molecule has 0 heterocycles. The number of hydrogen-bond donors (Lipinski definition) is 1. The first-order chi connectivity index (χ1) is 10.7. The monoisotopic (exact) mass is 318 g/mol. The number of carboxylic acids is 1. The first-order valence-electron chi connectivity index (χ1n) is 9.48. The maximum absolute atomic E-state index is 12.6. The third-order valence-corrected chi connectivity index (χ3v) is 8.83. The zero-order chi connectivity index (χ0) is 16.6. The molecule has 3 nitrogen and oxygen atoms in total. The zero-order valence-corrected chi connectivity index (χ0v) is 14.7. The Morgan fingerprint density at radius 3 is 2.57 bits per heavy atom. The van der Waals surface area contributed by atoms with Crippen molar-refractivity contribution in [2.45, 2.75) is 72.1 Å². The minimum absolute atomic E-state index is 0.0520. The van der Waals surface area contributed by atoms with Crippen molar-refractivity contribution >= 4 is 11.8 Å². The topological polar surface area (TPSA) is 54.4 Å². The molecule has 4 aliphatic carbocycles. The fraction of sp³-hybridized carbons (Fsp3) is 0.900. The van der Waals surface area contributed by atoms with Gasteiger partial charge < -0.3 is 5.11 Å². The quantitative estimate of drug-likeness (QED) is 0.784. The molecule has 2 bridgehead atoms. The number of hydrogen-bond acceptors (Lipinski definition) is 2. The van der Waals surface area contributed by atoms with Crippen molar-refractivity contribution in [3.8, 4) is 0 Å². The maximum Gasteiger partial charge on any atom is 0.306 e. The summed E-state index contributed by atoms with van der Waals surface area (Å²) in [5.74, 6) is 1.16. The summed E-state index contributed by atoms with van der Waals surface area (Å²) >= 11 is 0. The van der Waals surface area contributed by atoms with Gasteiger partial charge in [-0.2, -0.15) is 0 Å². The second-order valence-corrected chi connectivity index (χ2v) is 9.78. The number of aliphatic carboxylic acids is 1. The van der Waals surface area contributed by atoms with Crippen molar-refractivity contribution in [1.29, 1.82) is 0 Å². The third-order valence-electron chi connectivity index (χ3n) is 8.83. The van der Waals surface area contributed by atoms with Gasteiger partial charge in [0.05, 0.1) is 5.92 Å². The van der Waals surface area contributed by atoms with E-state index in [2.05, 4.69) is 20.8 Å². The molecule has 4 fully saturated rings. The first-order valence-corrected chi connectivity index (χ1v) is 9.48. The average Bonchev–Trinajstić information content (AvgIpc) is 2.63. The molecule has 4 saturated carbocycles. The predicted molar refractivity (Wildman–Crippen MR) is 87.9 cm³/mol. The Balaban J connectivity index is 1.68. The van der Waals surface area contributed by atoms with Gasteiger partial charge >= 0.3 is 5.97 Å². The van der Waals surface area contributed by atoms with E-state index in [1.807, 2.05) is 0 Å². The van der Waals surface area contributed by atoms with Crippen LogP contribution in [0.25, 0.3) is 0 Å². The van der Waals surface area contributed by atoms with Gasteiger partial charge in [0, 0.05) is 11.8 Å². The van der Waals surface area contributed by atoms with Crippen molar-refractivity contribution in [2.24, 2.45) is 39.9 Å². The van der Waals surface area contributed by atoms with Crippen LogP contribution in [0.2, 0.25) is 0 Å². The van der Waals surface area contributed by atoms with Crippen LogP contribution in [0.15, 0.2) is 0 Å². The summed E-state index contributed by atoms with van der Waals surface area (Å²) in [7, 11) is 0. The smallest absolute Gasteiger partial charge is 0.306 e. The van der Waals surface area contributed by atoms with Gasteiger partial charge in [-0.1, -0.05) is 20.8 Å². The van der Waals surface area contributed by atoms with Crippen molar-refractivity contribution in [1.82, 2.24) is 0 Å². The number of rotatable bonds is 1. The fourth-order valence-corrected chi connectivity index (χ4v) is 7.71. The molecule has 0 amide bonds. The Hall–Kier alpha value is -0.860. The number of Topliss-reactive ketones (excluding diaryl/α,β-unsaturated/α-hetero) is 1. The van der Waals surface area contributed by atoms with E-state index in [0.717, 1.165) is 44.9 Å². The van der Waals surface area contributed by atoms with Gasteiger partial charge in [-0.25, -0.2) is 0 Å². The molecule has 0 radical (unpaired) electrons. The summed E-state index contributed by atoms with van der Waals surface area (Å²) in [5.41, 5.74) is 0.435. The number of fused-ring (bicyclic) bond motifs is 3. The van der Waals surface area contributed by atoms with Crippen molar-refractivity contribution in [3.63, 3.8) is 0 Å². The van der Waals surface area contributed by atoms with Crippen LogP contribution in [-0.4, -0.2) is 16.9 Å². The van der Waals surface area contributed by atoms with E-state index in [0.29, 0.717) is 17.6 Å². The number of carboxylic acid groups (broad SMARTS) is 1. The van der Waals surface area contributed by atoms with Crippen LogP contribution in [0.4, 0.5) is 0 Å². The van der Waals surface area contributed by atoms with Crippen LogP contribution in [0.5, 0.6) is 0 Å². The Morgan fingerprint density at radius 2 is 1.87 bits per heavy atom. The van der Waals surface area contributed by atoms with E-state index in [4.69, 9.17) is 0 Å². The molecule has 7 atom stereocenters. The van der Waals surface area contributed by atoms with Gasteiger partial charge in [-0.05, 0) is 73.5 Å². The first kappa shape index (κ1) is 15.7. The Labute approximate surface area is 139 Å². The largest absolute Gasteiger partial charge is 0.481 e. The van der Waals surface area contributed by atoms with Crippen LogP contribution >= 0.6 is 0 Å². The lowest BCUT2D eigenvalue weighted by Crippen LogP contribution is -2.56. The summed E-state index contributed by atoms with van der Waals surface area (Å²) in [6.07, 6.45) is 8.27. The average molecular weight is 318 g/mol. The Morgan fingerprint density at radius 1 is 1.13 bits per heavy atom. The molecule has 1 spiro atoms. The molecule has 23 heavy (non-hydrogen) atoms. The van der Waals surface area contributed by atoms with Crippen LogP contribution < -0.4 is 0 Å². The number of carbonyl (C=O) groups is 2. The van der Waals surface area contributed by atoms with Crippen molar-refractivity contribution in [3.05, 3.63) is 0 Å². The predicted octanol–water partition coefficient (Wildman–Crippen LogP) is 4.30. The summed E-state index contributed by atoms with van der Waals surface area (Å²) in [6, 6.07) is 0. The highest BCUT2D eigenvalue weighted by Gasteiger charge is 2.66. The molecule has 4 rings (SSSR count). The molecule has 1 N–H and O–H groups in total. The molecule has 0 aromatic rings. The van der Waals surface area contributed by atoms with E-state index >= 15 is 0 Å². The van der Waals surface area contributed by atoms with E-state index in [1.54, 1.807) is 0 Å². The van der Waals surface area contributed by atoms with Gasteiger partial charge in [0.25, 0.3) is 0 Å². The highest BCUT2D eigenvalue weighted by Crippen LogP contribution is 2.71. The number of ketones is 1. The van der Waals surface area contributed by atoms with Crippen LogP contribution in [0, 0.1) is 39.9 Å². The van der Waals surface area contributed by atoms with E-state index in [9.17, 15) is 14.7 Å². The van der Waals surface area contributed by atoms with Gasteiger partial charge in [0.2, 0.25) is 0 Å². The van der Waals surface area contributed by atoms with Crippen LogP contribution in [0.3, 0.4) is 0 Å². The molecular weight excluding hydrogens is 288 g/mol. The molecule has 128 valence electrons. The number of carbonyl (C=O) groups excluding carboxylic acids is 1. The molecule has 3 heteroatoms. The summed E-state index contributed by atoms with van der Waals surface area (Å²) < 4.78 is 0. The molecule has 0 aliphatic heterocycles. The van der Waals surface area contributed by atoms with Crippen LogP contribution in [-0.2, 0) is 9.59 Å². The minimum atomic E-state index is -0.605. The second kappa shape index (κ2) is 4.61. The second-order valence-electron chi connectivity index (χ2n) is 9.78. The molecule has 0 aromatic heterocycles. The molecule has 4 aliphatic rings. The van der Waals surface area contributed by atoms with Gasteiger partial charge in [-0.3, -0.25) is 9.59 Å². The lowest BCUT2D eigenvalue weighted by Gasteiger charge is -2.62. The highest BCUT2D eigenvalue weighted by atomic mass is 16.4. The zero-order valence-electron chi connectivity index (χ0n) is 14.7. The Kier molecular flexibility index (Phi) is 3.14. The Bertz CT molecular complexity index is 569. The molecule has 0 saturated heterocycles. The molecular formula is C20H30O3. The van der Waals surface area contributed by atoms with E-state index in [1.165, 1.54) is 6.42 Å². The van der Waals surface area contributed by atoms with Gasteiger partial charge in [0.1, 0.15) is 5.78 Å². The van der Waals surface area contributed by atoms with Crippen LogP contribution in [0.1, 0.15) is 72.1 Å². The summed E-state index contributed by atoms with van der Waals surface area (Å²) in [5, 5.41) is 9.54. The van der Waals surface area contributed by atoms with E-state index in [-0.39, 0.29) is 28.1 Å². The minimum Gasteiger partial charge on any atom is -0.481 e. The van der Waals surface area contributed by atoms with Gasteiger partial charge in [0.15, 0.2) is 0 Å². The highest BCUT2D eigenvalue weighted by molar-refractivity contribution is 5.88. The molecule has 1 unspecified atom stereocenters. The standard InChI is InChI=1S/C20H30O3/c1-12-13(17(22)23)4-8-19(3)14(12)5-9-20-10-16(21)18(2,11-20)7-6-15(19)20/h12-15H,4-11H2,1-3H3,(H,22,23)/t12?,13-,14-,15+,18+,19-,20+/m1/s1. The lowest BCUT2D eigenvalue weighted by atomic mass is 9.42. The normalized spacial score (nSPS) is 55.2. The SMILES string of the molecule is CC1[C@H]2CC[C@@]34CC(=O)[C@@](C)(CC[C@H]3[C@]2(C)CC[C@H]1C(=O)O)C4. The lowest BCUT2D eigenvalue weighted by molar-refractivity contribution is -0.163.